The summed E-state index contributed by atoms with van der Waals surface area (Å²) in [6.07, 6.45) is 15.1. The van der Waals surface area contributed by atoms with E-state index in [-0.39, 0.29) is 0 Å². The maximum absolute atomic E-state index is 9.70. The quantitative estimate of drug-likeness (QED) is 0.386. The Morgan fingerprint density at radius 2 is 1.30 bits per heavy atom. The minimum absolute atomic E-state index is 0.449. The second-order valence-electron chi connectivity index (χ2n) is 6.53. The Kier molecular flexibility index (Phi) is 12.7. The van der Waals surface area contributed by atoms with Crippen LogP contribution in [0.15, 0.2) is 24.3 Å². The molecule has 0 atom stereocenters. The van der Waals surface area contributed by atoms with E-state index in [0.29, 0.717) is 5.75 Å². The van der Waals surface area contributed by atoms with Gasteiger partial charge in [0.15, 0.2) is 0 Å². The summed E-state index contributed by atoms with van der Waals surface area (Å²) in [7, 11) is 0. The average molecular weight is 321 g/mol. The van der Waals surface area contributed by atoms with Crippen molar-refractivity contribution >= 4 is 0 Å². The SMILES string of the molecule is CCCCCOCCCCCCCCCCc1ccccc1O. The molecule has 0 amide bonds. The number of hydrogen-bond acceptors (Lipinski definition) is 2. The molecule has 1 N–H and O–H groups in total. The summed E-state index contributed by atoms with van der Waals surface area (Å²) in [5.74, 6) is 0.449. The molecule has 0 saturated carbocycles. The van der Waals surface area contributed by atoms with Crippen molar-refractivity contribution in [3.63, 3.8) is 0 Å². The van der Waals surface area contributed by atoms with Gasteiger partial charge in [0, 0.05) is 13.2 Å². The van der Waals surface area contributed by atoms with Crippen LogP contribution in [0.25, 0.3) is 0 Å². The summed E-state index contributed by atoms with van der Waals surface area (Å²) in [6.45, 7) is 4.13. The topological polar surface area (TPSA) is 29.5 Å². The number of para-hydroxylation sites is 1. The van der Waals surface area contributed by atoms with Gasteiger partial charge in [0.25, 0.3) is 0 Å². The molecule has 23 heavy (non-hydrogen) atoms. The lowest BCUT2D eigenvalue weighted by molar-refractivity contribution is 0.126. The first-order chi connectivity index (χ1) is 11.3. The summed E-state index contributed by atoms with van der Waals surface area (Å²) in [5, 5.41) is 9.70. The Balaban J connectivity index is 1.79. The second kappa shape index (κ2) is 14.6. The van der Waals surface area contributed by atoms with Gasteiger partial charge in [0.1, 0.15) is 5.75 Å². The van der Waals surface area contributed by atoms with Gasteiger partial charge in [-0.15, -0.1) is 0 Å². The molecule has 0 bridgehead atoms. The number of ether oxygens (including phenoxy) is 1. The third-order valence-electron chi connectivity index (χ3n) is 4.37. The predicted molar refractivity (Wildman–Crippen MR) is 99.1 cm³/mol. The largest absolute Gasteiger partial charge is 0.508 e. The van der Waals surface area contributed by atoms with Gasteiger partial charge >= 0.3 is 0 Å². The molecular formula is C21H36O2. The van der Waals surface area contributed by atoms with E-state index in [0.717, 1.165) is 25.2 Å². The maximum atomic E-state index is 9.70. The number of benzene rings is 1. The van der Waals surface area contributed by atoms with Gasteiger partial charge in [-0.25, -0.2) is 0 Å². The molecule has 0 aliphatic heterocycles. The molecule has 0 saturated heterocycles. The van der Waals surface area contributed by atoms with Gasteiger partial charge in [-0.05, 0) is 37.3 Å². The van der Waals surface area contributed by atoms with Crippen molar-refractivity contribution in [2.24, 2.45) is 0 Å². The zero-order valence-corrected chi connectivity index (χ0v) is 15.1. The minimum Gasteiger partial charge on any atom is -0.508 e. The molecule has 0 aromatic heterocycles. The third-order valence-corrected chi connectivity index (χ3v) is 4.37. The molecule has 1 rings (SSSR count). The highest BCUT2D eigenvalue weighted by Gasteiger charge is 1.99. The zero-order valence-electron chi connectivity index (χ0n) is 15.1. The molecule has 0 aliphatic carbocycles. The van der Waals surface area contributed by atoms with Crippen LogP contribution in [0.1, 0.15) is 83.1 Å². The predicted octanol–water partition coefficient (Wildman–Crippen LogP) is 6.26. The van der Waals surface area contributed by atoms with Crippen LogP contribution >= 0.6 is 0 Å². The third kappa shape index (κ3) is 11.2. The maximum Gasteiger partial charge on any atom is 0.118 e. The molecule has 132 valence electrons. The summed E-state index contributed by atoms with van der Waals surface area (Å²) in [6, 6.07) is 7.69. The van der Waals surface area contributed by atoms with Gasteiger partial charge in [-0.2, -0.15) is 0 Å². The first kappa shape index (κ1) is 20.0. The molecule has 0 radical (unpaired) electrons. The smallest absolute Gasteiger partial charge is 0.118 e. The molecular weight excluding hydrogens is 284 g/mol. The van der Waals surface area contributed by atoms with Crippen LogP contribution in [0, 0.1) is 0 Å². The van der Waals surface area contributed by atoms with E-state index in [1.54, 1.807) is 6.07 Å². The van der Waals surface area contributed by atoms with Crippen LogP contribution < -0.4 is 0 Å². The standard InChI is InChI=1S/C21H36O2/c1-2-3-13-18-23-19-14-9-7-5-4-6-8-10-15-20-16-11-12-17-21(20)22/h11-12,16-17,22H,2-10,13-15,18-19H2,1H3. The Morgan fingerprint density at radius 1 is 0.739 bits per heavy atom. The van der Waals surface area contributed by atoms with E-state index in [9.17, 15) is 5.11 Å². The molecule has 0 spiro atoms. The van der Waals surface area contributed by atoms with Crippen LogP contribution in [0.3, 0.4) is 0 Å². The van der Waals surface area contributed by atoms with Crippen molar-refractivity contribution in [3.8, 4) is 5.75 Å². The van der Waals surface area contributed by atoms with E-state index in [1.165, 1.54) is 70.6 Å². The number of hydrogen-bond donors (Lipinski definition) is 1. The summed E-state index contributed by atoms with van der Waals surface area (Å²) < 4.78 is 5.63. The van der Waals surface area contributed by atoms with Gasteiger partial charge in [-0.1, -0.05) is 76.5 Å². The van der Waals surface area contributed by atoms with Crippen molar-refractivity contribution in [3.05, 3.63) is 29.8 Å². The van der Waals surface area contributed by atoms with E-state index >= 15 is 0 Å². The van der Waals surface area contributed by atoms with Gasteiger partial charge in [-0.3, -0.25) is 0 Å². The van der Waals surface area contributed by atoms with Crippen LogP contribution in [-0.2, 0) is 11.2 Å². The molecule has 0 unspecified atom stereocenters. The lowest BCUT2D eigenvalue weighted by Gasteiger charge is -2.05. The molecule has 2 heteroatoms. The Hall–Kier alpha value is -1.02. The van der Waals surface area contributed by atoms with E-state index in [1.807, 2.05) is 18.2 Å². The summed E-state index contributed by atoms with van der Waals surface area (Å²) >= 11 is 0. The molecule has 0 heterocycles. The normalized spacial score (nSPS) is 11.0. The lowest BCUT2D eigenvalue weighted by atomic mass is 10.0. The van der Waals surface area contributed by atoms with Crippen molar-refractivity contribution in [2.75, 3.05) is 13.2 Å². The fraction of sp³-hybridized carbons (Fsp3) is 0.714. The summed E-state index contributed by atoms with van der Waals surface area (Å²) in [4.78, 5) is 0. The fourth-order valence-electron chi connectivity index (χ4n) is 2.86. The highest BCUT2D eigenvalue weighted by atomic mass is 16.5. The highest BCUT2D eigenvalue weighted by Crippen LogP contribution is 2.19. The van der Waals surface area contributed by atoms with Gasteiger partial charge in [0.2, 0.25) is 0 Å². The van der Waals surface area contributed by atoms with Crippen molar-refractivity contribution < 1.29 is 9.84 Å². The Labute approximate surface area is 143 Å². The first-order valence-corrected chi connectivity index (χ1v) is 9.69. The number of phenols is 1. The Bertz CT molecular complexity index is 376. The van der Waals surface area contributed by atoms with Gasteiger partial charge < -0.3 is 9.84 Å². The van der Waals surface area contributed by atoms with Crippen LogP contribution in [-0.4, -0.2) is 18.3 Å². The van der Waals surface area contributed by atoms with Crippen LogP contribution in [0.5, 0.6) is 5.75 Å². The number of rotatable bonds is 15. The molecule has 0 fully saturated rings. The monoisotopic (exact) mass is 320 g/mol. The van der Waals surface area contributed by atoms with Crippen molar-refractivity contribution in [1.82, 2.24) is 0 Å². The number of unbranched alkanes of at least 4 members (excludes halogenated alkanes) is 9. The fourth-order valence-corrected chi connectivity index (χ4v) is 2.86. The number of phenolic OH excluding ortho intramolecular Hbond substituents is 1. The summed E-state index contributed by atoms with van der Waals surface area (Å²) in [5.41, 5.74) is 1.09. The van der Waals surface area contributed by atoms with E-state index < -0.39 is 0 Å². The average Bonchev–Trinajstić information content (AvgIpc) is 2.57. The second-order valence-corrected chi connectivity index (χ2v) is 6.53. The zero-order chi connectivity index (χ0) is 16.6. The minimum atomic E-state index is 0.449. The number of aryl methyl sites for hydroxylation is 1. The molecule has 1 aromatic carbocycles. The van der Waals surface area contributed by atoms with E-state index in [4.69, 9.17) is 4.74 Å². The lowest BCUT2D eigenvalue weighted by Crippen LogP contribution is -1.96. The van der Waals surface area contributed by atoms with Crippen LogP contribution in [0.4, 0.5) is 0 Å². The molecule has 1 aromatic rings. The number of aromatic hydroxyl groups is 1. The highest BCUT2D eigenvalue weighted by molar-refractivity contribution is 5.31. The van der Waals surface area contributed by atoms with Crippen LogP contribution in [0.2, 0.25) is 0 Å². The van der Waals surface area contributed by atoms with Gasteiger partial charge in [0.05, 0.1) is 0 Å². The Morgan fingerprint density at radius 3 is 1.96 bits per heavy atom. The van der Waals surface area contributed by atoms with Crippen molar-refractivity contribution in [2.45, 2.75) is 84.0 Å². The molecule has 0 aliphatic rings. The van der Waals surface area contributed by atoms with E-state index in [2.05, 4.69) is 6.92 Å². The van der Waals surface area contributed by atoms with Crippen molar-refractivity contribution in [1.29, 1.82) is 0 Å². The first-order valence-electron chi connectivity index (χ1n) is 9.69. The molecule has 2 nitrogen and oxygen atoms in total.